The van der Waals surface area contributed by atoms with Crippen molar-refractivity contribution in [2.75, 3.05) is 19.6 Å². The largest absolute Gasteiger partial charge is 0.480 e. The highest BCUT2D eigenvalue weighted by Gasteiger charge is 2.41. The van der Waals surface area contributed by atoms with Crippen molar-refractivity contribution < 1.29 is 14.7 Å². The number of rotatable bonds is 5. The number of carboxylic acids is 1. The molecule has 0 radical (unpaired) electrons. The molecule has 6 heteroatoms. The van der Waals surface area contributed by atoms with Crippen molar-refractivity contribution >= 4 is 11.9 Å². The molecule has 0 aromatic rings. The minimum absolute atomic E-state index is 0.0711. The van der Waals surface area contributed by atoms with Crippen LogP contribution in [0.4, 0.5) is 0 Å². The molecular formula is C14H25N3O3. The van der Waals surface area contributed by atoms with Crippen LogP contribution in [0, 0.1) is 0 Å². The van der Waals surface area contributed by atoms with Gasteiger partial charge in [-0.05, 0) is 19.3 Å². The number of aliphatic carboxylic acids is 1. The fourth-order valence-electron chi connectivity index (χ4n) is 3.09. The van der Waals surface area contributed by atoms with Gasteiger partial charge >= 0.3 is 5.97 Å². The van der Waals surface area contributed by atoms with Gasteiger partial charge in [0.05, 0.1) is 0 Å². The van der Waals surface area contributed by atoms with Crippen molar-refractivity contribution in [2.45, 2.75) is 56.5 Å². The zero-order valence-electron chi connectivity index (χ0n) is 11.9. The number of carbonyl (C=O) groups excluding carboxylic acids is 1. The molecular weight excluding hydrogens is 258 g/mol. The topological polar surface area (TPSA) is 95.7 Å². The number of nitrogens with two attached hydrogens (primary N) is 1. The van der Waals surface area contributed by atoms with E-state index < -0.39 is 11.5 Å². The lowest BCUT2D eigenvalue weighted by molar-refractivity contribution is -0.142. The molecule has 1 saturated heterocycles. The first-order chi connectivity index (χ1) is 9.49. The summed E-state index contributed by atoms with van der Waals surface area (Å²) in [6, 6.07) is 0.336. The monoisotopic (exact) mass is 283 g/mol. The second kappa shape index (κ2) is 6.54. The first-order valence-electron chi connectivity index (χ1n) is 7.54. The molecule has 0 aromatic carbocycles. The summed E-state index contributed by atoms with van der Waals surface area (Å²) < 4.78 is 0. The van der Waals surface area contributed by atoms with Crippen LogP contribution in [0.25, 0.3) is 0 Å². The Morgan fingerprint density at radius 3 is 2.60 bits per heavy atom. The van der Waals surface area contributed by atoms with E-state index in [1.165, 1.54) is 19.3 Å². The van der Waals surface area contributed by atoms with Gasteiger partial charge in [0.25, 0.3) is 0 Å². The predicted molar refractivity (Wildman–Crippen MR) is 75.2 cm³/mol. The Hall–Kier alpha value is -1.14. The highest BCUT2D eigenvalue weighted by Crippen LogP contribution is 2.19. The zero-order chi connectivity index (χ0) is 14.6. The summed E-state index contributed by atoms with van der Waals surface area (Å²) in [6.07, 6.45) is 6.71. The Morgan fingerprint density at radius 2 is 2.00 bits per heavy atom. The maximum atomic E-state index is 11.9. The Morgan fingerprint density at radius 1 is 1.30 bits per heavy atom. The van der Waals surface area contributed by atoms with Crippen molar-refractivity contribution in [2.24, 2.45) is 5.73 Å². The number of carboxylic acid groups (broad SMARTS) is 1. The van der Waals surface area contributed by atoms with Crippen LogP contribution in [-0.2, 0) is 9.59 Å². The van der Waals surface area contributed by atoms with Crippen molar-refractivity contribution in [3.63, 3.8) is 0 Å². The molecule has 1 saturated carbocycles. The Labute approximate surface area is 119 Å². The van der Waals surface area contributed by atoms with Gasteiger partial charge in [0.1, 0.15) is 5.54 Å². The lowest BCUT2D eigenvalue weighted by Gasteiger charge is -2.23. The van der Waals surface area contributed by atoms with Crippen LogP contribution in [0.3, 0.4) is 0 Å². The number of carbonyl (C=O) groups is 2. The van der Waals surface area contributed by atoms with Crippen molar-refractivity contribution in [3.05, 3.63) is 0 Å². The molecule has 1 aliphatic heterocycles. The number of amides is 1. The molecule has 0 spiro atoms. The molecule has 2 rings (SSSR count). The molecule has 0 bridgehead atoms. The Kier molecular flexibility index (Phi) is 4.99. The molecule has 1 amide bonds. The maximum Gasteiger partial charge on any atom is 0.325 e. The minimum Gasteiger partial charge on any atom is -0.480 e. The molecule has 2 fully saturated rings. The first-order valence-corrected chi connectivity index (χ1v) is 7.54. The molecule has 1 unspecified atom stereocenters. The molecule has 1 aliphatic carbocycles. The number of nitrogens with one attached hydrogen (secondary N) is 1. The number of hydrogen-bond donors (Lipinski definition) is 3. The van der Waals surface area contributed by atoms with Crippen LogP contribution in [0.5, 0.6) is 0 Å². The van der Waals surface area contributed by atoms with Crippen LogP contribution >= 0.6 is 0 Å². The van der Waals surface area contributed by atoms with E-state index >= 15 is 0 Å². The van der Waals surface area contributed by atoms with E-state index in [1.54, 1.807) is 0 Å². The summed E-state index contributed by atoms with van der Waals surface area (Å²) in [5.74, 6) is -0.881. The average molecular weight is 283 g/mol. The van der Waals surface area contributed by atoms with E-state index in [4.69, 9.17) is 10.8 Å². The summed E-state index contributed by atoms with van der Waals surface area (Å²) in [5, 5.41) is 12.1. The van der Waals surface area contributed by atoms with Gasteiger partial charge in [-0.25, -0.2) is 0 Å². The van der Waals surface area contributed by atoms with Gasteiger partial charge in [-0.2, -0.15) is 0 Å². The lowest BCUT2D eigenvalue weighted by Crippen LogP contribution is -2.50. The van der Waals surface area contributed by atoms with Crippen LogP contribution in [0.1, 0.15) is 44.9 Å². The van der Waals surface area contributed by atoms with Crippen molar-refractivity contribution in [3.8, 4) is 0 Å². The Balaban J connectivity index is 1.68. The molecule has 20 heavy (non-hydrogen) atoms. The van der Waals surface area contributed by atoms with E-state index in [0.717, 1.165) is 12.8 Å². The molecule has 6 nitrogen and oxygen atoms in total. The molecule has 0 aromatic heterocycles. The van der Waals surface area contributed by atoms with Crippen LogP contribution in [0.2, 0.25) is 0 Å². The number of hydrogen-bond acceptors (Lipinski definition) is 4. The van der Waals surface area contributed by atoms with E-state index in [0.29, 0.717) is 38.5 Å². The third-order valence-electron chi connectivity index (χ3n) is 4.43. The molecule has 114 valence electrons. The summed E-state index contributed by atoms with van der Waals surface area (Å²) >= 11 is 0. The quantitative estimate of drug-likeness (QED) is 0.675. The van der Waals surface area contributed by atoms with Gasteiger partial charge < -0.3 is 21.1 Å². The molecule has 1 heterocycles. The second-order valence-electron chi connectivity index (χ2n) is 6.14. The number of likely N-dealkylation sites (tertiary alicyclic amines) is 1. The standard InChI is InChI=1S/C14H25N3O3/c15-14(13(19)20)7-9-17(10-14)8-6-12(18)16-11-4-2-1-3-5-11/h11H,1-10,15H2,(H,16,18)(H,19,20). The summed E-state index contributed by atoms with van der Waals surface area (Å²) in [6.45, 7) is 1.57. The van der Waals surface area contributed by atoms with Crippen molar-refractivity contribution in [1.29, 1.82) is 0 Å². The summed E-state index contributed by atoms with van der Waals surface area (Å²) in [4.78, 5) is 24.9. The predicted octanol–water partition coefficient (Wildman–Crippen LogP) is 0.313. The highest BCUT2D eigenvalue weighted by atomic mass is 16.4. The average Bonchev–Trinajstić information content (AvgIpc) is 2.81. The normalized spacial score (nSPS) is 28.4. The fraction of sp³-hybridized carbons (Fsp3) is 0.857. The molecule has 2 aliphatic rings. The van der Waals surface area contributed by atoms with Gasteiger partial charge in [-0.1, -0.05) is 19.3 Å². The van der Waals surface area contributed by atoms with Crippen LogP contribution in [0.15, 0.2) is 0 Å². The van der Waals surface area contributed by atoms with E-state index in [1.807, 2.05) is 4.90 Å². The van der Waals surface area contributed by atoms with Gasteiger partial charge in [-0.15, -0.1) is 0 Å². The molecule has 4 N–H and O–H groups in total. The lowest BCUT2D eigenvalue weighted by atomic mass is 9.95. The van der Waals surface area contributed by atoms with Crippen molar-refractivity contribution in [1.82, 2.24) is 10.2 Å². The zero-order valence-corrected chi connectivity index (χ0v) is 11.9. The van der Waals surface area contributed by atoms with Gasteiger partial charge in [-0.3, -0.25) is 9.59 Å². The summed E-state index contributed by atoms with van der Waals surface area (Å²) in [5.41, 5.74) is 4.67. The SMILES string of the molecule is NC1(C(=O)O)CCN(CCC(=O)NC2CCCCC2)C1. The van der Waals surface area contributed by atoms with Gasteiger partial charge in [0.2, 0.25) is 5.91 Å². The van der Waals surface area contributed by atoms with Gasteiger partial charge in [0, 0.05) is 32.1 Å². The maximum absolute atomic E-state index is 11.9. The minimum atomic E-state index is -1.14. The highest BCUT2D eigenvalue weighted by molar-refractivity contribution is 5.79. The number of nitrogens with zero attached hydrogens (tertiary/aromatic N) is 1. The third-order valence-corrected chi connectivity index (χ3v) is 4.43. The second-order valence-corrected chi connectivity index (χ2v) is 6.14. The fourth-order valence-corrected chi connectivity index (χ4v) is 3.09. The van der Waals surface area contributed by atoms with E-state index in [-0.39, 0.29) is 5.91 Å². The van der Waals surface area contributed by atoms with E-state index in [2.05, 4.69) is 5.32 Å². The third kappa shape index (κ3) is 3.93. The van der Waals surface area contributed by atoms with Gasteiger partial charge in [0.15, 0.2) is 0 Å². The Bertz CT molecular complexity index is 369. The first kappa shape index (κ1) is 15.3. The van der Waals surface area contributed by atoms with Crippen LogP contribution < -0.4 is 11.1 Å². The summed E-state index contributed by atoms with van der Waals surface area (Å²) in [7, 11) is 0. The van der Waals surface area contributed by atoms with Crippen LogP contribution in [-0.4, -0.2) is 53.1 Å². The van der Waals surface area contributed by atoms with E-state index in [9.17, 15) is 9.59 Å². The molecule has 1 atom stereocenters. The smallest absolute Gasteiger partial charge is 0.325 e.